The van der Waals surface area contributed by atoms with E-state index in [1.807, 2.05) is 83.1 Å². The van der Waals surface area contributed by atoms with Crippen LogP contribution in [-0.2, 0) is 15.8 Å². The summed E-state index contributed by atoms with van der Waals surface area (Å²) >= 11 is 0. The Labute approximate surface area is 206 Å². The maximum Gasteiger partial charge on any atom is 0.236 e. The van der Waals surface area contributed by atoms with Crippen LogP contribution < -0.4 is 14.8 Å². The lowest BCUT2D eigenvalue weighted by molar-refractivity contribution is 0.344. The van der Waals surface area contributed by atoms with Crippen molar-refractivity contribution in [2.45, 2.75) is 40.4 Å². The number of hydrogen-bond donors (Lipinski definition) is 1. The van der Waals surface area contributed by atoms with E-state index in [2.05, 4.69) is 4.72 Å². The molecular weight excluding hydrogens is 460 g/mol. The molecule has 182 valence electrons. The monoisotopic (exact) mass is 490 g/mol. The summed E-state index contributed by atoms with van der Waals surface area (Å²) in [5.74, 6) is 2.07. The van der Waals surface area contributed by atoms with E-state index in [0.29, 0.717) is 28.9 Å². The molecule has 1 aromatic heterocycles. The van der Waals surface area contributed by atoms with Crippen molar-refractivity contribution in [3.05, 3.63) is 94.2 Å². The zero-order valence-corrected chi connectivity index (χ0v) is 21.5. The maximum atomic E-state index is 13.0. The van der Waals surface area contributed by atoms with Gasteiger partial charge in [0.15, 0.2) is 0 Å². The lowest BCUT2D eigenvalue weighted by Crippen LogP contribution is -2.15. The van der Waals surface area contributed by atoms with E-state index in [-0.39, 0.29) is 5.75 Å². The van der Waals surface area contributed by atoms with Crippen molar-refractivity contribution in [1.82, 2.24) is 0 Å². The second kappa shape index (κ2) is 9.96. The van der Waals surface area contributed by atoms with E-state index in [1.165, 1.54) is 0 Å². The Kier molecular flexibility index (Phi) is 6.98. The molecule has 0 amide bonds. The number of sulfonamides is 1. The molecule has 0 saturated heterocycles. The van der Waals surface area contributed by atoms with Crippen molar-refractivity contribution in [1.29, 1.82) is 0 Å². The van der Waals surface area contributed by atoms with Crippen LogP contribution >= 0.6 is 0 Å². The van der Waals surface area contributed by atoms with Gasteiger partial charge in [0.25, 0.3) is 0 Å². The number of ether oxygens (including phenoxy) is 1. The summed E-state index contributed by atoms with van der Waals surface area (Å²) in [6.07, 6.45) is 0. The minimum atomic E-state index is -3.65. The molecule has 0 atom stereocenters. The van der Waals surface area contributed by atoms with Gasteiger partial charge in [-0.2, -0.15) is 0 Å². The predicted octanol–water partition coefficient (Wildman–Crippen LogP) is 6.24. The van der Waals surface area contributed by atoms with Crippen molar-refractivity contribution >= 4 is 32.2 Å². The van der Waals surface area contributed by atoms with Crippen LogP contribution in [0.1, 0.15) is 35.1 Å². The maximum absolute atomic E-state index is 13.0. The summed E-state index contributed by atoms with van der Waals surface area (Å²) in [7, 11) is -3.65. The molecule has 4 aromatic rings. The number of fused-ring (bicyclic) bond motifs is 1. The molecule has 0 unspecified atom stereocenters. The van der Waals surface area contributed by atoms with E-state index in [9.17, 15) is 8.42 Å². The van der Waals surface area contributed by atoms with Crippen LogP contribution in [0.15, 0.2) is 70.1 Å². The van der Waals surface area contributed by atoms with E-state index >= 15 is 0 Å². The minimum absolute atomic E-state index is 0.123. The molecule has 0 saturated carbocycles. The largest absolute Gasteiger partial charge is 0.493 e. The Bertz CT molecular complexity index is 1560. The molecule has 1 heterocycles. The average molecular weight is 491 g/mol. The quantitative estimate of drug-likeness (QED) is 0.332. The Balaban J connectivity index is 1.88. The molecule has 35 heavy (non-hydrogen) atoms. The third-order valence-corrected chi connectivity index (χ3v) is 7.13. The first-order valence-corrected chi connectivity index (χ1v) is 13.2. The van der Waals surface area contributed by atoms with Gasteiger partial charge >= 0.3 is 0 Å². The van der Waals surface area contributed by atoms with Crippen LogP contribution in [0.4, 0.5) is 11.4 Å². The highest BCUT2D eigenvalue weighted by Crippen LogP contribution is 2.33. The number of benzene rings is 2. The summed E-state index contributed by atoms with van der Waals surface area (Å²) in [6.45, 7) is 10.2. The number of furan rings is 1. The highest BCUT2D eigenvalue weighted by molar-refractivity contribution is 7.91. The number of nitrogens with zero attached hydrogens (tertiary/aromatic N) is 1. The molecule has 0 bridgehead atoms. The highest BCUT2D eigenvalue weighted by atomic mass is 32.2. The van der Waals surface area contributed by atoms with Gasteiger partial charge in [0.1, 0.15) is 17.3 Å². The van der Waals surface area contributed by atoms with Crippen molar-refractivity contribution < 1.29 is 17.6 Å². The smallest absolute Gasteiger partial charge is 0.236 e. The van der Waals surface area contributed by atoms with Crippen molar-refractivity contribution in [3.8, 4) is 5.75 Å². The number of nitrogens with one attached hydrogen (secondary N) is 1. The first-order chi connectivity index (χ1) is 16.7. The predicted molar refractivity (Wildman–Crippen MR) is 141 cm³/mol. The molecule has 7 heteroatoms. The van der Waals surface area contributed by atoms with Crippen LogP contribution in [0.5, 0.6) is 5.75 Å². The van der Waals surface area contributed by atoms with Gasteiger partial charge in [-0.1, -0.05) is 36.4 Å². The standard InChI is InChI=1S/C28H30N2O4S/c1-6-33-26-14-10-13-23(27-20(4)34-21(5)28(26)27)29-24-15-18(2)19(3)16-25(24)30-35(31,32)17-22-11-8-7-9-12-22/h7-16,30H,6,17H2,1-5H3. The van der Waals surface area contributed by atoms with Crippen LogP contribution in [0.25, 0.3) is 10.8 Å². The first kappa shape index (κ1) is 24.5. The van der Waals surface area contributed by atoms with Gasteiger partial charge in [-0.15, -0.1) is 0 Å². The lowest BCUT2D eigenvalue weighted by Gasteiger charge is -2.13. The van der Waals surface area contributed by atoms with E-state index < -0.39 is 10.0 Å². The van der Waals surface area contributed by atoms with E-state index in [1.54, 1.807) is 12.1 Å². The van der Waals surface area contributed by atoms with Crippen molar-refractivity contribution in [2.24, 2.45) is 4.99 Å². The fourth-order valence-electron chi connectivity index (χ4n) is 4.15. The molecule has 3 aromatic carbocycles. The van der Waals surface area contributed by atoms with Gasteiger partial charge in [-0.05, 0) is 75.6 Å². The molecule has 0 aliphatic carbocycles. The molecule has 0 fully saturated rings. The Morgan fingerprint density at radius 1 is 0.886 bits per heavy atom. The van der Waals surface area contributed by atoms with Crippen LogP contribution in [-0.4, -0.2) is 15.0 Å². The third-order valence-electron chi connectivity index (χ3n) is 5.88. The normalized spacial score (nSPS) is 12.2. The van der Waals surface area contributed by atoms with Gasteiger partial charge in [-0.25, -0.2) is 13.4 Å². The fraction of sp³-hybridized carbons (Fsp3) is 0.250. The van der Waals surface area contributed by atoms with Gasteiger partial charge in [0, 0.05) is 0 Å². The summed E-state index contributed by atoms with van der Waals surface area (Å²) in [5.41, 5.74) is 3.67. The summed E-state index contributed by atoms with van der Waals surface area (Å²) in [6, 6.07) is 18.5. The fourth-order valence-corrected chi connectivity index (χ4v) is 5.36. The molecule has 1 N–H and O–H groups in total. The second-order valence-corrected chi connectivity index (χ2v) is 10.3. The van der Waals surface area contributed by atoms with Crippen molar-refractivity contribution in [2.75, 3.05) is 11.3 Å². The SMILES string of the molecule is CCOc1cccc(=Nc2cc(C)c(C)cc2NS(=O)(=O)Cc2ccccc2)c2c(C)oc(C)c12. The Morgan fingerprint density at radius 2 is 1.57 bits per heavy atom. The summed E-state index contributed by atoms with van der Waals surface area (Å²) < 4.78 is 40.6. The van der Waals surface area contributed by atoms with Crippen LogP contribution in [0.2, 0.25) is 0 Å². The van der Waals surface area contributed by atoms with Gasteiger partial charge < -0.3 is 9.15 Å². The van der Waals surface area contributed by atoms with E-state index in [4.69, 9.17) is 14.1 Å². The molecule has 0 spiro atoms. The third kappa shape index (κ3) is 5.41. The van der Waals surface area contributed by atoms with Crippen molar-refractivity contribution in [3.63, 3.8) is 0 Å². The molecule has 4 rings (SSSR count). The molecular formula is C28H30N2O4S. The average Bonchev–Trinajstić information content (AvgIpc) is 2.97. The Hall–Kier alpha value is -3.58. The van der Waals surface area contributed by atoms with E-state index in [0.717, 1.165) is 39.2 Å². The topological polar surface area (TPSA) is 80.9 Å². The minimum Gasteiger partial charge on any atom is -0.493 e. The second-order valence-electron chi connectivity index (χ2n) is 8.58. The summed E-state index contributed by atoms with van der Waals surface area (Å²) in [5, 5.41) is 2.38. The highest BCUT2D eigenvalue weighted by Gasteiger charge is 2.17. The Morgan fingerprint density at radius 3 is 2.29 bits per heavy atom. The number of rotatable bonds is 7. The van der Waals surface area contributed by atoms with Gasteiger partial charge in [-0.3, -0.25) is 4.72 Å². The summed E-state index contributed by atoms with van der Waals surface area (Å²) in [4.78, 5) is 4.94. The lowest BCUT2D eigenvalue weighted by atomic mass is 10.1. The van der Waals surface area contributed by atoms with Crippen LogP contribution in [0.3, 0.4) is 0 Å². The number of aryl methyl sites for hydroxylation is 4. The zero-order valence-electron chi connectivity index (χ0n) is 20.7. The molecule has 0 radical (unpaired) electrons. The van der Waals surface area contributed by atoms with Crippen LogP contribution in [0, 0.1) is 27.7 Å². The first-order valence-electron chi connectivity index (χ1n) is 11.5. The van der Waals surface area contributed by atoms with Gasteiger partial charge in [0.05, 0.1) is 39.9 Å². The molecule has 0 aliphatic rings. The number of anilines is 1. The zero-order chi connectivity index (χ0) is 25.2. The number of hydrogen-bond acceptors (Lipinski definition) is 5. The van der Waals surface area contributed by atoms with Gasteiger partial charge in [0.2, 0.25) is 10.0 Å². The molecule has 6 nitrogen and oxygen atoms in total. The molecule has 0 aliphatic heterocycles.